The first-order valence-corrected chi connectivity index (χ1v) is 16.8. The highest BCUT2D eigenvalue weighted by molar-refractivity contribution is 7.18. The van der Waals surface area contributed by atoms with E-state index in [0.717, 1.165) is 80.5 Å². The minimum Gasteiger partial charge on any atom is -0.367 e. The van der Waals surface area contributed by atoms with Crippen LogP contribution in [0.25, 0.3) is 21.1 Å². The number of likely N-dealkylation sites (tertiary alicyclic amines) is 1. The van der Waals surface area contributed by atoms with Crippen LogP contribution in [0.3, 0.4) is 0 Å². The summed E-state index contributed by atoms with van der Waals surface area (Å²) in [5.74, 6) is 0.888. The third kappa shape index (κ3) is 5.89. The van der Waals surface area contributed by atoms with Crippen LogP contribution in [-0.4, -0.2) is 64.1 Å². The fourth-order valence-corrected chi connectivity index (χ4v) is 9.56. The number of alkyl halides is 3. The molecule has 2 bridgehead atoms. The molecule has 3 saturated carbocycles. The van der Waals surface area contributed by atoms with Gasteiger partial charge in [0.25, 0.3) is 0 Å². The van der Waals surface area contributed by atoms with Crippen LogP contribution in [0.2, 0.25) is 0 Å². The van der Waals surface area contributed by atoms with Crippen LogP contribution in [0.5, 0.6) is 0 Å². The van der Waals surface area contributed by atoms with Crippen LogP contribution < -0.4 is 10.6 Å². The van der Waals surface area contributed by atoms with Gasteiger partial charge in [0.05, 0.1) is 18.4 Å². The molecule has 8 rings (SSSR count). The quantitative estimate of drug-likeness (QED) is 0.195. The van der Waals surface area contributed by atoms with Gasteiger partial charge in [-0.25, -0.2) is 9.97 Å². The van der Waals surface area contributed by atoms with Gasteiger partial charge in [-0.05, 0) is 86.2 Å². The second-order valence-electron chi connectivity index (χ2n) is 13.9. The van der Waals surface area contributed by atoms with Crippen molar-refractivity contribution in [3.05, 3.63) is 52.3 Å². The van der Waals surface area contributed by atoms with Crippen molar-refractivity contribution in [3.63, 3.8) is 0 Å². The number of hydrogen-bond acceptors (Lipinski definition) is 8. The van der Waals surface area contributed by atoms with Crippen LogP contribution in [0, 0.1) is 29.1 Å². The molecule has 8 nitrogen and oxygen atoms in total. The molecule has 4 aliphatic rings. The number of Topliss-reactive ketones (excluding diaryl/α,β-unsaturated/α-hetero) is 1. The van der Waals surface area contributed by atoms with Gasteiger partial charge >= 0.3 is 6.18 Å². The molecule has 0 radical (unpaired) electrons. The monoisotopic (exact) mass is 649 g/mol. The van der Waals surface area contributed by atoms with Gasteiger partial charge in [-0.15, -0.1) is 11.3 Å². The lowest BCUT2D eigenvalue weighted by Gasteiger charge is -2.71. The van der Waals surface area contributed by atoms with Gasteiger partial charge in [0.1, 0.15) is 34.5 Å². The maximum absolute atomic E-state index is 12.9. The Morgan fingerprint density at radius 2 is 1.89 bits per heavy atom. The Hall–Kier alpha value is -3.53. The number of carbonyl (C=O) groups is 1. The number of aryl methyl sites for hydroxylation is 1. The van der Waals surface area contributed by atoms with E-state index in [1.54, 1.807) is 6.07 Å². The van der Waals surface area contributed by atoms with E-state index in [1.165, 1.54) is 17.5 Å². The molecule has 0 unspecified atom stereocenters. The van der Waals surface area contributed by atoms with E-state index in [2.05, 4.69) is 55.2 Å². The number of carbonyl (C=O) groups excluding carboxylic acids is 1. The zero-order valence-electron chi connectivity index (χ0n) is 26.1. The molecule has 4 heterocycles. The maximum atomic E-state index is 12.9. The van der Waals surface area contributed by atoms with E-state index in [9.17, 15) is 23.2 Å². The molecule has 0 amide bonds. The molecule has 4 aromatic rings. The van der Waals surface area contributed by atoms with Gasteiger partial charge in [-0.2, -0.15) is 18.4 Å². The van der Waals surface area contributed by atoms with E-state index in [0.29, 0.717) is 34.7 Å². The Labute approximate surface area is 270 Å². The summed E-state index contributed by atoms with van der Waals surface area (Å²) in [4.78, 5) is 24.0. The number of hydrogen-bond donors (Lipinski definition) is 2. The Balaban J connectivity index is 0.980. The van der Waals surface area contributed by atoms with Crippen molar-refractivity contribution in [1.82, 2.24) is 24.8 Å². The molecule has 1 aliphatic heterocycles. The average molecular weight is 650 g/mol. The van der Waals surface area contributed by atoms with E-state index >= 15 is 0 Å². The molecule has 12 heteroatoms. The minimum absolute atomic E-state index is 0.175. The summed E-state index contributed by atoms with van der Waals surface area (Å²) in [7, 11) is 1.81. The van der Waals surface area contributed by atoms with Gasteiger partial charge in [0.2, 0.25) is 0 Å². The first kappa shape index (κ1) is 31.1. The van der Waals surface area contributed by atoms with Crippen molar-refractivity contribution < 1.29 is 18.0 Å². The lowest BCUT2D eigenvalue weighted by Crippen LogP contribution is -2.64. The highest BCUT2D eigenvalue weighted by Gasteiger charge is 2.67. The van der Waals surface area contributed by atoms with Crippen LogP contribution in [0.1, 0.15) is 60.2 Å². The summed E-state index contributed by atoms with van der Waals surface area (Å²) >= 11 is 1.07. The Kier molecular flexibility index (Phi) is 7.85. The highest BCUT2D eigenvalue weighted by Crippen LogP contribution is 2.75. The largest absolute Gasteiger partial charge is 0.393 e. The smallest absolute Gasteiger partial charge is 0.367 e. The third-order valence-electron chi connectivity index (χ3n) is 10.3. The Morgan fingerprint density at radius 3 is 2.59 bits per heavy atom. The summed E-state index contributed by atoms with van der Waals surface area (Å²) in [5, 5.41) is 18.2. The first-order valence-electron chi connectivity index (χ1n) is 15.9. The Morgan fingerprint density at radius 1 is 1.13 bits per heavy atom. The molecular weight excluding hydrogens is 611 g/mol. The molecule has 3 aromatic heterocycles. The number of anilines is 1. The number of thiophene rings is 1. The van der Waals surface area contributed by atoms with Crippen LogP contribution in [0.15, 0.2) is 30.6 Å². The van der Waals surface area contributed by atoms with Crippen molar-refractivity contribution in [2.45, 2.75) is 77.2 Å². The van der Waals surface area contributed by atoms with Crippen molar-refractivity contribution in [2.24, 2.45) is 10.8 Å². The molecular formula is C34H38F3N7OS. The lowest BCUT2D eigenvalue weighted by molar-refractivity contribution is -0.213. The van der Waals surface area contributed by atoms with Gasteiger partial charge in [0.15, 0.2) is 0 Å². The molecule has 3 aliphatic carbocycles. The molecule has 46 heavy (non-hydrogen) atoms. The number of ketones is 1. The van der Waals surface area contributed by atoms with Gasteiger partial charge in [0, 0.05) is 54.4 Å². The summed E-state index contributed by atoms with van der Waals surface area (Å²) in [5.41, 5.74) is 4.64. The van der Waals surface area contributed by atoms with E-state index in [1.807, 2.05) is 13.1 Å². The fraction of sp³-hybridized carbons (Fsp3) is 0.529. The molecule has 0 atom stereocenters. The molecule has 1 aromatic carbocycles. The van der Waals surface area contributed by atoms with E-state index in [4.69, 9.17) is 0 Å². The Bertz CT molecular complexity index is 1830. The number of nitrogens with zero attached hydrogens (tertiary/aromatic N) is 5. The second kappa shape index (κ2) is 11.6. The van der Waals surface area contributed by atoms with Crippen LogP contribution >= 0.6 is 11.3 Å². The predicted molar refractivity (Wildman–Crippen MR) is 173 cm³/mol. The van der Waals surface area contributed by atoms with E-state index < -0.39 is 12.6 Å². The van der Waals surface area contributed by atoms with Crippen LogP contribution in [0.4, 0.5) is 19.0 Å². The number of nitriles is 1. The number of halogens is 3. The van der Waals surface area contributed by atoms with Crippen molar-refractivity contribution in [2.75, 3.05) is 32.0 Å². The number of nitrogens with one attached hydrogen (secondary N) is 2. The number of likely N-dealkylation sites (N-methyl/N-ethyl adjacent to an activating group) is 1. The SMILES string of the molecule is CNCC(=O)CC12CC(Cn3c(C#N)cc4c(C)c(CN5CCC(Nc6ncnc7sc(CC(F)(F)F)cc67)CC5)ccc43)(C1)C2. The number of piperidine rings is 1. The summed E-state index contributed by atoms with van der Waals surface area (Å²) in [6, 6.07) is 10.6. The number of aromatic nitrogens is 3. The maximum Gasteiger partial charge on any atom is 0.393 e. The zero-order chi connectivity index (χ0) is 32.3. The van der Waals surface area contributed by atoms with Gasteiger partial charge < -0.3 is 15.2 Å². The average Bonchev–Trinajstić information content (AvgIpc) is 3.54. The topological polar surface area (TPSA) is 98.9 Å². The fourth-order valence-electron chi connectivity index (χ4n) is 8.53. The first-order chi connectivity index (χ1) is 22.0. The third-order valence-corrected chi connectivity index (χ3v) is 11.4. The zero-order valence-corrected chi connectivity index (χ0v) is 27.0. The standard InChI is InChI=1S/C34H38F3N7OS/c1-21-22(3-4-29-27(21)9-24(13-38)44(29)19-33-16-32(17-33,18-33)11-25(45)14-39-2)15-43-7-5-23(6-8-43)42-30-28-10-26(12-34(35,36)37)46-31(28)41-20-40-30/h3-4,9-10,20,23,39H,5-8,11-12,14-19H2,1-2H3,(H,40,41,42). The molecule has 4 fully saturated rings. The molecule has 2 N–H and O–H groups in total. The predicted octanol–water partition coefficient (Wildman–Crippen LogP) is 6.36. The van der Waals surface area contributed by atoms with Crippen molar-refractivity contribution >= 4 is 44.1 Å². The van der Waals surface area contributed by atoms with Gasteiger partial charge in [-0.3, -0.25) is 9.69 Å². The molecule has 1 saturated heterocycles. The van der Waals surface area contributed by atoms with Crippen LogP contribution in [-0.2, 0) is 24.3 Å². The number of rotatable bonds is 11. The second-order valence-corrected chi connectivity index (χ2v) is 15.0. The summed E-state index contributed by atoms with van der Waals surface area (Å²) < 4.78 is 41.0. The normalized spacial score (nSPS) is 23.3. The summed E-state index contributed by atoms with van der Waals surface area (Å²) in [6.07, 6.45) is 1.85. The minimum atomic E-state index is -4.26. The summed E-state index contributed by atoms with van der Waals surface area (Å²) in [6.45, 7) is 6.00. The van der Waals surface area contributed by atoms with Crippen molar-refractivity contribution in [3.8, 4) is 6.07 Å². The number of fused-ring (bicyclic) bond motifs is 2. The molecule has 242 valence electrons. The number of benzene rings is 1. The molecule has 0 spiro atoms. The lowest BCUT2D eigenvalue weighted by atomic mass is 9.34. The van der Waals surface area contributed by atoms with Crippen molar-refractivity contribution in [1.29, 1.82) is 5.26 Å². The highest BCUT2D eigenvalue weighted by atomic mass is 32.1. The van der Waals surface area contributed by atoms with E-state index in [-0.39, 0.29) is 27.5 Å². The van der Waals surface area contributed by atoms with Gasteiger partial charge in [-0.1, -0.05) is 6.07 Å².